The van der Waals surface area contributed by atoms with Crippen molar-refractivity contribution in [1.29, 1.82) is 0 Å². The lowest BCUT2D eigenvalue weighted by atomic mass is 10.2. The van der Waals surface area contributed by atoms with Gasteiger partial charge in [0.05, 0.1) is 10.7 Å². The number of anilines is 1. The summed E-state index contributed by atoms with van der Waals surface area (Å²) in [5.74, 6) is -0.350. The smallest absolute Gasteiger partial charge is 0.133 e. The zero-order chi connectivity index (χ0) is 12.3. The standard InChI is InChI=1S/C13H9ClFNS/c14-10-6-2-4-8-12(10)16-13(17)9-5-1-3-7-11(9)15/h1-8H,(H,16,17). The minimum Gasteiger partial charge on any atom is -0.345 e. The van der Waals surface area contributed by atoms with E-state index >= 15 is 0 Å². The molecule has 86 valence electrons. The molecule has 0 aliphatic rings. The highest BCUT2D eigenvalue weighted by Crippen LogP contribution is 2.21. The SMILES string of the molecule is Fc1ccccc1C(=S)Nc1ccccc1Cl. The molecule has 0 aromatic heterocycles. The summed E-state index contributed by atoms with van der Waals surface area (Å²) in [7, 11) is 0. The summed E-state index contributed by atoms with van der Waals surface area (Å²) in [6.45, 7) is 0. The van der Waals surface area contributed by atoms with Gasteiger partial charge in [0, 0.05) is 5.56 Å². The first-order valence-electron chi connectivity index (χ1n) is 4.99. The topological polar surface area (TPSA) is 12.0 Å². The van der Waals surface area contributed by atoms with Gasteiger partial charge >= 0.3 is 0 Å². The van der Waals surface area contributed by atoms with E-state index in [9.17, 15) is 4.39 Å². The molecule has 0 bridgehead atoms. The summed E-state index contributed by atoms with van der Waals surface area (Å²) >= 11 is 11.1. The summed E-state index contributed by atoms with van der Waals surface area (Å²) in [4.78, 5) is 0.316. The van der Waals surface area contributed by atoms with Gasteiger partial charge in [-0.2, -0.15) is 0 Å². The maximum Gasteiger partial charge on any atom is 0.133 e. The molecule has 0 aliphatic heterocycles. The van der Waals surface area contributed by atoms with Crippen LogP contribution in [0.1, 0.15) is 5.56 Å². The Morgan fingerprint density at radius 2 is 1.71 bits per heavy atom. The van der Waals surface area contributed by atoms with E-state index in [1.54, 1.807) is 30.3 Å². The first-order valence-corrected chi connectivity index (χ1v) is 5.77. The van der Waals surface area contributed by atoms with Gasteiger partial charge in [-0.3, -0.25) is 0 Å². The van der Waals surface area contributed by atoms with Gasteiger partial charge in [0.1, 0.15) is 10.8 Å². The molecular formula is C13H9ClFNS. The van der Waals surface area contributed by atoms with Gasteiger partial charge in [0.25, 0.3) is 0 Å². The van der Waals surface area contributed by atoms with Crippen LogP contribution >= 0.6 is 23.8 Å². The van der Waals surface area contributed by atoms with Crippen LogP contribution in [0.2, 0.25) is 5.02 Å². The minimum absolute atomic E-state index is 0.316. The van der Waals surface area contributed by atoms with Crippen LogP contribution in [-0.4, -0.2) is 4.99 Å². The maximum absolute atomic E-state index is 13.5. The third kappa shape index (κ3) is 2.81. The number of rotatable bonds is 2. The van der Waals surface area contributed by atoms with Gasteiger partial charge in [-0.15, -0.1) is 0 Å². The lowest BCUT2D eigenvalue weighted by Crippen LogP contribution is -2.12. The first kappa shape index (κ1) is 12.0. The van der Waals surface area contributed by atoms with E-state index in [2.05, 4.69) is 5.32 Å². The van der Waals surface area contributed by atoms with Crippen LogP contribution in [0.15, 0.2) is 48.5 Å². The van der Waals surface area contributed by atoms with E-state index in [4.69, 9.17) is 23.8 Å². The van der Waals surface area contributed by atoms with Crippen LogP contribution in [0, 0.1) is 5.82 Å². The quantitative estimate of drug-likeness (QED) is 0.814. The van der Waals surface area contributed by atoms with Crippen molar-refractivity contribution in [1.82, 2.24) is 0 Å². The van der Waals surface area contributed by atoms with E-state index < -0.39 is 0 Å². The number of para-hydroxylation sites is 1. The number of thiocarbonyl (C=S) groups is 1. The predicted octanol–water partition coefficient (Wildman–Crippen LogP) is 4.27. The summed E-state index contributed by atoms with van der Waals surface area (Å²) in [5.41, 5.74) is 1.03. The molecule has 2 aromatic rings. The Hall–Kier alpha value is -1.45. The van der Waals surface area contributed by atoms with Crippen LogP contribution in [0.3, 0.4) is 0 Å². The largest absolute Gasteiger partial charge is 0.345 e. The Morgan fingerprint density at radius 1 is 1.06 bits per heavy atom. The second-order valence-corrected chi connectivity index (χ2v) is 4.23. The molecule has 0 saturated heterocycles. The normalized spacial score (nSPS) is 10.0. The van der Waals surface area contributed by atoms with E-state index in [-0.39, 0.29) is 5.82 Å². The molecule has 17 heavy (non-hydrogen) atoms. The van der Waals surface area contributed by atoms with Gasteiger partial charge in [0.2, 0.25) is 0 Å². The zero-order valence-corrected chi connectivity index (χ0v) is 10.4. The van der Waals surface area contributed by atoms with Crippen molar-refractivity contribution in [2.24, 2.45) is 0 Å². The highest BCUT2D eigenvalue weighted by atomic mass is 35.5. The predicted molar refractivity (Wildman–Crippen MR) is 73.2 cm³/mol. The minimum atomic E-state index is -0.350. The second-order valence-electron chi connectivity index (χ2n) is 3.41. The Kier molecular flexibility index (Phi) is 3.71. The fourth-order valence-electron chi connectivity index (χ4n) is 1.40. The van der Waals surface area contributed by atoms with Crippen LogP contribution in [0.4, 0.5) is 10.1 Å². The molecule has 2 aromatic carbocycles. The number of hydrogen-bond acceptors (Lipinski definition) is 1. The molecular weight excluding hydrogens is 257 g/mol. The lowest BCUT2D eigenvalue weighted by Gasteiger charge is -2.10. The van der Waals surface area contributed by atoms with Crippen molar-refractivity contribution >= 4 is 34.5 Å². The van der Waals surface area contributed by atoms with Crippen LogP contribution in [0.5, 0.6) is 0 Å². The summed E-state index contributed by atoms with van der Waals surface area (Å²) < 4.78 is 13.5. The molecule has 0 atom stereocenters. The average Bonchev–Trinajstić information content (AvgIpc) is 2.32. The van der Waals surface area contributed by atoms with E-state index in [0.717, 1.165) is 0 Å². The van der Waals surface area contributed by atoms with Gasteiger partial charge in [0.15, 0.2) is 0 Å². The van der Waals surface area contributed by atoms with Gasteiger partial charge in [-0.1, -0.05) is 48.1 Å². The van der Waals surface area contributed by atoms with Crippen LogP contribution < -0.4 is 5.32 Å². The molecule has 0 saturated carbocycles. The van der Waals surface area contributed by atoms with Crippen molar-refractivity contribution in [2.45, 2.75) is 0 Å². The molecule has 0 unspecified atom stereocenters. The van der Waals surface area contributed by atoms with Crippen molar-refractivity contribution in [3.8, 4) is 0 Å². The Morgan fingerprint density at radius 3 is 2.41 bits per heavy atom. The molecule has 0 fully saturated rings. The summed E-state index contributed by atoms with van der Waals surface area (Å²) in [6.07, 6.45) is 0. The Bertz CT molecular complexity index is 557. The molecule has 2 rings (SSSR count). The number of benzene rings is 2. The van der Waals surface area contributed by atoms with E-state index in [0.29, 0.717) is 21.3 Å². The molecule has 0 spiro atoms. The van der Waals surface area contributed by atoms with Crippen molar-refractivity contribution in [2.75, 3.05) is 5.32 Å². The molecule has 0 radical (unpaired) electrons. The van der Waals surface area contributed by atoms with Crippen LogP contribution in [0.25, 0.3) is 0 Å². The molecule has 0 heterocycles. The van der Waals surface area contributed by atoms with Crippen molar-refractivity contribution in [3.63, 3.8) is 0 Å². The summed E-state index contributed by atoms with van der Waals surface area (Å²) in [6, 6.07) is 13.5. The first-order chi connectivity index (χ1) is 8.18. The highest BCUT2D eigenvalue weighted by molar-refractivity contribution is 7.81. The number of halogens is 2. The van der Waals surface area contributed by atoms with Crippen molar-refractivity contribution in [3.05, 3.63) is 64.9 Å². The Balaban J connectivity index is 2.24. The third-order valence-corrected chi connectivity index (χ3v) is 2.89. The fraction of sp³-hybridized carbons (Fsp3) is 0. The average molecular weight is 266 g/mol. The maximum atomic E-state index is 13.5. The molecule has 0 amide bonds. The fourth-order valence-corrected chi connectivity index (χ4v) is 1.86. The van der Waals surface area contributed by atoms with Gasteiger partial charge < -0.3 is 5.32 Å². The molecule has 1 N–H and O–H groups in total. The zero-order valence-electron chi connectivity index (χ0n) is 8.78. The van der Waals surface area contributed by atoms with E-state index in [1.165, 1.54) is 6.07 Å². The monoisotopic (exact) mass is 265 g/mol. The number of nitrogens with one attached hydrogen (secondary N) is 1. The second kappa shape index (κ2) is 5.25. The molecule has 0 aliphatic carbocycles. The third-order valence-electron chi connectivity index (χ3n) is 2.24. The lowest BCUT2D eigenvalue weighted by molar-refractivity contribution is 0.625. The number of hydrogen-bond donors (Lipinski definition) is 1. The van der Waals surface area contributed by atoms with Gasteiger partial charge in [-0.25, -0.2) is 4.39 Å². The van der Waals surface area contributed by atoms with Crippen molar-refractivity contribution < 1.29 is 4.39 Å². The Labute approximate surface area is 109 Å². The van der Waals surface area contributed by atoms with Crippen LogP contribution in [-0.2, 0) is 0 Å². The van der Waals surface area contributed by atoms with Gasteiger partial charge in [-0.05, 0) is 24.3 Å². The molecule has 1 nitrogen and oxygen atoms in total. The van der Waals surface area contributed by atoms with E-state index in [1.807, 2.05) is 12.1 Å². The highest BCUT2D eigenvalue weighted by Gasteiger charge is 2.08. The molecule has 4 heteroatoms. The summed E-state index contributed by atoms with van der Waals surface area (Å²) in [5, 5.41) is 3.47.